The number of hydrogen-bond donors (Lipinski definition) is 0. The van der Waals surface area contributed by atoms with E-state index in [4.69, 9.17) is 0 Å². The Kier molecular flexibility index (Phi) is 4.10. The normalized spacial score (nSPS) is 19.2. The van der Waals surface area contributed by atoms with Gasteiger partial charge in [-0.15, -0.1) is 0 Å². The van der Waals surface area contributed by atoms with Gasteiger partial charge in [-0.2, -0.15) is 0 Å². The fourth-order valence-corrected chi connectivity index (χ4v) is 2.30. The molecule has 1 aliphatic heterocycles. The second-order valence-electron chi connectivity index (χ2n) is 4.06. The summed E-state index contributed by atoms with van der Waals surface area (Å²) in [6.07, 6.45) is 2.44. The molecule has 1 fully saturated rings. The van der Waals surface area contributed by atoms with Gasteiger partial charge in [-0.25, -0.2) is 13.5 Å². The second kappa shape index (κ2) is 4.94. The van der Waals surface area contributed by atoms with Gasteiger partial charge in [0, 0.05) is 19.3 Å². The average molecular weight is 234 g/mol. The number of rotatable bonds is 3. The van der Waals surface area contributed by atoms with Crippen molar-refractivity contribution in [2.45, 2.75) is 12.8 Å². The molecule has 0 spiro atoms. The quantitative estimate of drug-likeness (QED) is 0.673. The summed E-state index contributed by atoms with van der Waals surface area (Å²) >= 11 is 0. The molecule has 0 aliphatic carbocycles. The molecular formula is C9H16NO4S. The van der Waals surface area contributed by atoms with Crippen LogP contribution in [0, 0.1) is 5.92 Å². The minimum Gasteiger partial charge on any atom is -0.342 e. The average Bonchev–Trinajstić information content (AvgIpc) is 2.15. The summed E-state index contributed by atoms with van der Waals surface area (Å²) < 4.78 is 21.8. The lowest BCUT2D eigenvalue weighted by molar-refractivity contribution is -0.130. The summed E-state index contributed by atoms with van der Waals surface area (Å²) in [5.74, 6) is -0.621. The molecule has 1 heterocycles. The third-order valence-electron chi connectivity index (χ3n) is 2.59. The van der Waals surface area contributed by atoms with E-state index in [0.717, 1.165) is 6.26 Å². The zero-order valence-corrected chi connectivity index (χ0v) is 9.62. The number of amides is 1. The first-order valence-electron chi connectivity index (χ1n) is 4.96. The molecule has 5 nitrogen and oxygen atoms in total. The van der Waals surface area contributed by atoms with E-state index in [1.807, 2.05) is 0 Å². The van der Waals surface area contributed by atoms with Crippen molar-refractivity contribution in [2.75, 3.05) is 31.7 Å². The maximum atomic E-state index is 11.5. The second-order valence-corrected chi connectivity index (χ2v) is 6.20. The van der Waals surface area contributed by atoms with Gasteiger partial charge in [-0.05, 0) is 18.8 Å². The van der Waals surface area contributed by atoms with E-state index in [-0.39, 0.29) is 18.4 Å². The van der Waals surface area contributed by atoms with Crippen LogP contribution in [0.3, 0.4) is 0 Å². The Labute approximate surface area is 90.0 Å². The van der Waals surface area contributed by atoms with Crippen molar-refractivity contribution in [1.29, 1.82) is 0 Å². The lowest BCUT2D eigenvalue weighted by Gasteiger charge is -2.30. The fraction of sp³-hybridized carbons (Fsp3) is 0.889. The molecule has 0 aromatic carbocycles. The van der Waals surface area contributed by atoms with Gasteiger partial charge in [-0.1, -0.05) is 0 Å². The summed E-state index contributed by atoms with van der Waals surface area (Å²) in [5.41, 5.74) is 0. The van der Waals surface area contributed by atoms with Gasteiger partial charge >= 0.3 is 0 Å². The van der Waals surface area contributed by atoms with Crippen LogP contribution in [0.4, 0.5) is 0 Å². The van der Waals surface area contributed by atoms with Crippen LogP contribution in [0.2, 0.25) is 0 Å². The monoisotopic (exact) mass is 234 g/mol. The molecule has 1 radical (unpaired) electrons. The van der Waals surface area contributed by atoms with Crippen molar-refractivity contribution in [3.63, 3.8) is 0 Å². The van der Waals surface area contributed by atoms with E-state index >= 15 is 0 Å². The smallest absolute Gasteiger partial charge is 0.237 e. The number of carbonyl (C=O) groups excluding carboxylic acids is 1. The highest BCUT2D eigenvalue weighted by molar-refractivity contribution is 7.91. The van der Waals surface area contributed by atoms with Crippen LogP contribution in [0.25, 0.3) is 0 Å². The van der Waals surface area contributed by atoms with Crippen LogP contribution in [0.15, 0.2) is 0 Å². The zero-order valence-electron chi connectivity index (χ0n) is 8.81. The molecule has 0 bridgehead atoms. The molecule has 1 rings (SSSR count). The highest BCUT2D eigenvalue weighted by Gasteiger charge is 2.24. The van der Waals surface area contributed by atoms with E-state index in [2.05, 4.69) is 0 Å². The molecule has 15 heavy (non-hydrogen) atoms. The molecule has 0 unspecified atom stereocenters. The number of nitrogens with zero attached hydrogens (tertiary/aromatic N) is 1. The predicted molar refractivity (Wildman–Crippen MR) is 54.6 cm³/mol. The van der Waals surface area contributed by atoms with E-state index in [1.165, 1.54) is 4.90 Å². The zero-order chi connectivity index (χ0) is 11.5. The van der Waals surface area contributed by atoms with Gasteiger partial charge in [0.2, 0.25) is 5.91 Å². The lowest BCUT2D eigenvalue weighted by atomic mass is 9.98. The summed E-state index contributed by atoms with van der Waals surface area (Å²) in [6.45, 7) is 0.927. The minimum atomic E-state index is -3.24. The van der Waals surface area contributed by atoms with Crippen LogP contribution in [0.5, 0.6) is 0 Å². The van der Waals surface area contributed by atoms with Gasteiger partial charge in [0.1, 0.15) is 5.75 Å². The molecule has 87 valence electrons. The van der Waals surface area contributed by atoms with Crippen LogP contribution in [-0.2, 0) is 19.7 Å². The van der Waals surface area contributed by atoms with Gasteiger partial charge in [0.05, 0.1) is 6.61 Å². The SMILES string of the molecule is CS(=O)(=O)CC(=O)N1CCC(C[O])CC1. The number of likely N-dealkylation sites (tertiary alicyclic amines) is 1. The number of sulfone groups is 1. The Morgan fingerprint density at radius 3 is 2.27 bits per heavy atom. The van der Waals surface area contributed by atoms with Gasteiger partial charge in [-0.3, -0.25) is 4.79 Å². The van der Waals surface area contributed by atoms with Crippen LogP contribution < -0.4 is 0 Å². The van der Waals surface area contributed by atoms with Gasteiger partial charge in [0.15, 0.2) is 9.84 Å². The molecule has 0 aromatic rings. The lowest BCUT2D eigenvalue weighted by Crippen LogP contribution is -2.41. The molecule has 1 saturated heterocycles. The molecule has 0 atom stereocenters. The van der Waals surface area contributed by atoms with Gasteiger partial charge in [0.25, 0.3) is 0 Å². The Bertz CT molecular complexity index is 317. The van der Waals surface area contributed by atoms with Crippen molar-refractivity contribution in [2.24, 2.45) is 5.92 Å². The van der Waals surface area contributed by atoms with E-state index in [9.17, 15) is 18.3 Å². The topological polar surface area (TPSA) is 74.3 Å². The maximum absolute atomic E-state index is 11.5. The Morgan fingerprint density at radius 2 is 1.87 bits per heavy atom. The minimum absolute atomic E-state index is 0.103. The standard InChI is InChI=1S/C9H16NO4S/c1-15(13,14)7-9(12)10-4-2-8(6-11)3-5-10/h8H,2-7H2,1H3. The largest absolute Gasteiger partial charge is 0.342 e. The van der Waals surface area contributed by atoms with Crippen molar-refractivity contribution in [1.82, 2.24) is 4.90 Å². The molecule has 1 aliphatic rings. The fourth-order valence-electron chi connectivity index (χ4n) is 1.66. The summed E-state index contributed by atoms with van der Waals surface area (Å²) in [6, 6.07) is 0. The number of piperidine rings is 1. The number of hydrogen-bond acceptors (Lipinski definition) is 3. The van der Waals surface area contributed by atoms with Crippen molar-refractivity contribution in [3.8, 4) is 0 Å². The highest BCUT2D eigenvalue weighted by Crippen LogP contribution is 2.16. The summed E-state index contributed by atoms with van der Waals surface area (Å²) in [4.78, 5) is 13.0. The van der Waals surface area contributed by atoms with Crippen molar-refractivity contribution < 1.29 is 18.3 Å². The van der Waals surface area contributed by atoms with E-state index < -0.39 is 15.6 Å². The Morgan fingerprint density at radius 1 is 1.33 bits per heavy atom. The molecule has 1 amide bonds. The number of carbonyl (C=O) groups is 1. The molecule has 6 heteroatoms. The summed E-state index contributed by atoms with van der Waals surface area (Å²) in [5, 5.41) is 10.6. The van der Waals surface area contributed by atoms with Crippen molar-refractivity contribution >= 4 is 15.7 Å². The molecule has 0 aromatic heterocycles. The molecule has 0 saturated carbocycles. The van der Waals surface area contributed by atoms with Crippen LogP contribution in [0.1, 0.15) is 12.8 Å². The highest BCUT2D eigenvalue weighted by atomic mass is 32.2. The maximum Gasteiger partial charge on any atom is 0.237 e. The molecule has 0 N–H and O–H groups in total. The first-order valence-corrected chi connectivity index (χ1v) is 7.02. The first-order chi connectivity index (χ1) is 6.92. The third kappa shape index (κ3) is 4.17. The first kappa shape index (κ1) is 12.4. The van der Waals surface area contributed by atoms with Gasteiger partial charge < -0.3 is 4.90 Å². The summed E-state index contributed by atoms with van der Waals surface area (Å²) in [7, 11) is -3.24. The Balaban J connectivity index is 2.43. The van der Waals surface area contributed by atoms with E-state index in [1.54, 1.807) is 0 Å². The van der Waals surface area contributed by atoms with Crippen LogP contribution in [-0.4, -0.2) is 50.9 Å². The Hall–Kier alpha value is -0.620. The van der Waals surface area contributed by atoms with Crippen molar-refractivity contribution in [3.05, 3.63) is 0 Å². The predicted octanol–water partition coefficient (Wildman–Crippen LogP) is -0.300. The van der Waals surface area contributed by atoms with Crippen LogP contribution >= 0.6 is 0 Å². The van der Waals surface area contributed by atoms with E-state index in [0.29, 0.717) is 25.9 Å². The third-order valence-corrected chi connectivity index (χ3v) is 3.36. The molecular weight excluding hydrogens is 218 g/mol.